The van der Waals surface area contributed by atoms with Crippen molar-refractivity contribution in [3.8, 4) is 0 Å². The third-order valence-electron chi connectivity index (χ3n) is 4.50. The maximum atomic E-state index is 12.2. The molecular weight excluding hydrogens is 300 g/mol. The van der Waals surface area contributed by atoms with E-state index < -0.39 is 0 Å². The van der Waals surface area contributed by atoms with Gasteiger partial charge in [0.2, 0.25) is 0 Å². The minimum Gasteiger partial charge on any atom is -0.271 e. The number of amides is 1. The van der Waals surface area contributed by atoms with Crippen LogP contribution < -0.4 is 5.43 Å². The second-order valence-electron chi connectivity index (χ2n) is 6.43. The van der Waals surface area contributed by atoms with Gasteiger partial charge in [-0.3, -0.25) is 9.48 Å². The number of rotatable bonds is 4. The van der Waals surface area contributed by atoms with Crippen molar-refractivity contribution < 1.29 is 4.79 Å². The van der Waals surface area contributed by atoms with Crippen LogP contribution in [0.5, 0.6) is 0 Å². The van der Waals surface area contributed by atoms with Crippen molar-refractivity contribution in [1.82, 2.24) is 15.2 Å². The van der Waals surface area contributed by atoms with Crippen molar-refractivity contribution in [2.75, 3.05) is 0 Å². The van der Waals surface area contributed by atoms with Crippen LogP contribution in [0.2, 0.25) is 0 Å². The summed E-state index contributed by atoms with van der Waals surface area (Å²) in [6, 6.07) is 12.4. The first-order chi connectivity index (χ1) is 11.6. The van der Waals surface area contributed by atoms with Crippen LogP contribution >= 0.6 is 0 Å². The topological polar surface area (TPSA) is 59.3 Å². The van der Waals surface area contributed by atoms with Gasteiger partial charge < -0.3 is 0 Å². The summed E-state index contributed by atoms with van der Waals surface area (Å²) in [6.45, 7) is 4.08. The van der Waals surface area contributed by atoms with E-state index in [9.17, 15) is 4.79 Å². The van der Waals surface area contributed by atoms with Crippen LogP contribution in [-0.4, -0.2) is 21.4 Å². The van der Waals surface area contributed by atoms with Crippen molar-refractivity contribution in [3.63, 3.8) is 0 Å². The van der Waals surface area contributed by atoms with Crippen LogP contribution in [0.15, 0.2) is 41.5 Å². The van der Waals surface area contributed by atoms with Crippen LogP contribution in [0.4, 0.5) is 0 Å². The molecule has 0 radical (unpaired) electrons. The third kappa shape index (κ3) is 3.91. The molecule has 1 atom stereocenters. The second kappa shape index (κ2) is 7.43. The molecule has 0 aliphatic heterocycles. The highest BCUT2D eigenvalue weighted by Crippen LogP contribution is 2.30. The highest BCUT2D eigenvalue weighted by molar-refractivity contribution is 5.92. The van der Waals surface area contributed by atoms with Crippen LogP contribution in [0.25, 0.3) is 0 Å². The van der Waals surface area contributed by atoms with E-state index in [0.29, 0.717) is 5.92 Å². The minimum atomic E-state index is -0.133. The Morgan fingerprint density at radius 1 is 1.29 bits per heavy atom. The zero-order chi connectivity index (χ0) is 16.9. The number of nitrogens with zero attached hydrogens (tertiary/aromatic N) is 3. The van der Waals surface area contributed by atoms with Gasteiger partial charge in [0.15, 0.2) is 0 Å². The molecule has 1 aromatic heterocycles. The molecule has 1 N–H and O–H groups in total. The number of carbonyl (C=O) groups excluding carboxylic acids is 1. The zero-order valence-corrected chi connectivity index (χ0v) is 14.3. The van der Waals surface area contributed by atoms with E-state index in [1.54, 1.807) is 4.68 Å². The van der Waals surface area contributed by atoms with E-state index in [-0.39, 0.29) is 12.5 Å². The molecule has 0 bridgehead atoms. The molecule has 0 unspecified atom stereocenters. The molecule has 1 aromatic carbocycles. The Kier molecular flexibility index (Phi) is 5.08. The standard InChI is InChI=1S/C19H24N4O/c1-14-12-15(2)23(22-14)13-19(24)21-20-18-11-7-6-10-17(18)16-8-4-3-5-9-16/h3-5,8-9,12,17H,6-7,10-11,13H2,1-2H3,(H,21,24)/t17-/m0/s1. The van der Waals surface area contributed by atoms with Gasteiger partial charge in [0.05, 0.1) is 5.69 Å². The molecule has 1 amide bonds. The first kappa shape index (κ1) is 16.4. The maximum absolute atomic E-state index is 12.2. The molecule has 5 nitrogen and oxygen atoms in total. The molecule has 1 fully saturated rings. The SMILES string of the molecule is Cc1cc(C)n(CC(=O)NN=C2CCCC[C@H]2c2ccccc2)n1. The van der Waals surface area contributed by atoms with Crippen molar-refractivity contribution in [2.24, 2.45) is 5.10 Å². The molecule has 5 heteroatoms. The lowest BCUT2D eigenvalue weighted by Gasteiger charge is -2.24. The summed E-state index contributed by atoms with van der Waals surface area (Å²) in [7, 11) is 0. The highest BCUT2D eigenvalue weighted by Gasteiger charge is 2.22. The number of aromatic nitrogens is 2. The average molecular weight is 324 g/mol. The van der Waals surface area contributed by atoms with E-state index in [1.165, 1.54) is 12.0 Å². The molecule has 1 heterocycles. The molecule has 0 saturated heterocycles. The Labute approximate surface area is 142 Å². The summed E-state index contributed by atoms with van der Waals surface area (Å²) >= 11 is 0. The normalized spacial score (nSPS) is 19.4. The Balaban J connectivity index is 1.67. The Morgan fingerprint density at radius 2 is 2.08 bits per heavy atom. The first-order valence-electron chi connectivity index (χ1n) is 8.55. The summed E-state index contributed by atoms with van der Waals surface area (Å²) in [5, 5.41) is 8.76. The molecule has 126 valence electrons. The van der Waals surface area contributed by atoms with Gasteiger partial charge in [0.25, 0.3) is 5.91 Å². The van der Waals surface area contributed by atoms with Gasteiger partial charge in [-0.05, 0) is 44.7 Å². The molecular formula is C19H24N4O. The maximum Gasteiger partial charge on any atom is 0.261 e. The van der Waals surface area contributed by atoms with Crippen molar-refractivity contribution >= 4 is 11.6 Å². The fourth-order valence-corrected chi connectivity index (χ4v) is 3.31. The van der Waals surface area contributed by atoms with Gasteiger partial charge in [0, 0.05) is 17.3 Å². The van der Waals surface area contributed by atoms with Crippen molar-refractivity contribution in [2.45, 2.75) is 52.0 Å². The molecule has 1 saturated carbocycles. The largest absolute Gasteiger partial charge is 0.271 e. The van der Waals surface area contributed by atoms with Crippen LogP contribution in [-0.2, 0) is 11.3 Å². The zero-order valence-electron chi connectivity index (χ0n) is 14.3. The van der Waals surface area contributed by atoms with Crippen LogP contribution in [0, 0.1) is 13.8 Å². The van der Waals surface area contributed by atoms with Crippen molar-refractivity contribution in [1.29, 1.82) is 0 Å². The smallest absolute Gasteiger partial charge is 0.261 e. The van der Waals surface area contributed by atoms with Crippen LogP contribution in [0.1, 0.15) is 48.6 Å². The number of nitrogens with one attached hydrogen (secondary N) is 1. The molecule has 1 aliphatic carbocycles. The lowest BCUT2D eigenvalue weighted by atomic mass is 9.82. The number of benzene rings is 1. The predicted octanol–water partition coefficient (Wildman–Crippen LogP) is 3.33. The first-order valence-corrected chi connectivity index (χ1v) is 8.55. The molecule has 2 aromatic rings. The Bertz CT molecular complexity index is 733. The van der Waals surface area contributed by atoms with E-state index in [1.807, 2.05) is 26.0 Å². The van der Waals surface area contributed by atoms with Gasteiger partial charge in [-0.15, -0.1) is 0 Å². The third-order valence-corrected chi connectivity index (χ3v) is 4.50. The van der Waals surface area contributed by atoms with Gasteiger partial charge in [0.1, 0.15) is 6.54 Å². The van der Waals surface area contributed by atoms with E-state index in [4.69, 9.17) is 0 Å². The fraction of sp³-hybridized carbons (Fsp3) is 0.421. The van der Waals surface area contributed by atoms with Crippen LogP contribution in [0.3, 0.4) is 0 Å². The fourth-order valence-electron chi connectivity index (χ4n) is 3.31. The number of aryl methyl sites for hydroxylation is 2. The molecule has 1 aliphatic rings. The molecule has 24 heavy (non-hydrogen) atoms. The number of hydrogen-bond donors (Lipinski definition) is 1. The van der Waals surface area contributed by atoms with Gasteiger partial charge in [-0.2, -0.15) is 10.2 Å². The summed E-state index contributed by atoms with van der Waals surface area (Å²) in [5.41, 5.74) is 6.99. The summed E-state index contributed by atoms with van der Waals surface area (Å²) in [5.74, 6) is 0.181. The molecule has 0 spiro atoms. The molecule has 3 rings (SSSR count). The van der Waals surface area contributed by atoms with E-state index in [0.717, 1.165) is 36.4 Å². The summed E-state index contributed by atoms with van der Waals surface area (Å²) in [4.78, 5) is 12.2. The summed E-state index contributed by atoms with van der Waals surface area (Å²) < 4.78 is 1.71. The van der Waals surface area contributed by atoms with Gasteiger partial charge in [-0.25, -0.2) is 5.43 Å². The lowest BCUT2D eigenvalue weighted by Crippen LogP contribution is -2.28. The summed E-state index contributed by atoms with van der Waals surface area (Å²) in [6.07, 6.45) is 4.38. The minimum absolute atomic E-state index is 0.133. The van der Waals surface area contributed by atoms with E-state index >= 15 is 0 Å². The van der Waals surface area contributed by atoms with Gasteiger partial charge in [-0.1, -0.05) is 36.8 Å². The number of hydrogen-bond acceptors (Lipinski definition) is 3. The monoisotopic (exact) mass is 324 g/mol. The predicted molar refractivity (Wildman–Crippen MR) is 94.9 cm³/mol. The second-order valence-corrected chi connectivity index (χ2v) is 6.43. The highest BCUT2D eigenvalue weighted by atomic mass is 16.2. The van der Waals surface area contributed by atoms with E-state index in [2.05, 4.69) is 39.9 Å². The van der Waals surface area contributed by atoms with Gasteiger partial charge >= 0.3 is 0 Å². The quantitative estimate of drug-likeness (QED) is 0.877. The Morgan fingerprint density at radius 3 is 2.79 bits per heavy atom. The average Bonchev–Trinajstić information content (AvgIpc) is 2.91. The number of hydrazone groups is 1. The number of carbonyl (C=O) groups is 1. The Hall–Kier alpha value is -2.43. The lowest BCUT2D eigenvalue weighted by molar-refractivity contribution is -0.121. The van der Waals surface area contributed by atoms with Crippen molar-refractivity contribution in [3.05, 3.63) is 53.3 Å².